The first kappa shape index (κ1) is 51.5. The number of aromatic nitrogens is 3. The Hall–Kier alpha value is -0.687. The zero-order valence-electron chi connectivity index (χ0n) is 32.5. The minimum Gasteiger partial charge on any atom is -0.470 e. The summed E-state index contributed by atoms with van der Waals surface area (Å²) in [5, 5.41) is 12.0. The molecule has 0 unspecified atom stereocenters. The number of halogens is 4. The Morgan fingerprint density at radius 3 is 1.80 bits per heavy atom. The summed E-state index contributed by atoms with van der Waals surface area (Å²) < 4.78 is 9.25. The first-order valence-corrected chi connectivity index (χ1v) is 19.9. The van der Waals surface area contributed by atoms with Crippen molar-refractivity contribution in [2.75, 3.05) is 23.3 Å². The number of hydrogen-bond acceptors (Lipinski definition) is 6. The second-order valence-corrected chi connectivity index (χ2v) is 15.9. The summed E-state index contributed by atoms with van der Waals surface area (Å²) >= 11 is 15.7. The largest absolute Gasteiger partial charge is 1.00 e. The van der Waals surface area contributed by atoms with Crippen LogP contribution >= 0.6 is 59.4 Å². The van der Waals surface area contributed by atoms with Crippen molar-refractivity contribution in [2.24, 2.45) is 5.92 Å². The summed E-state index contributed by atoms with van der Waals surface area (Å²) in [6, 6.07) is 41.1. The van der Waals surface area contributed by atoms with Gasteiger partial charge in [-0.05, 0) is 109 Å². The molecule has 1 aliphatic rings. The molecule has 3 heterocycles. The molecule has 0 spiro atoms. The van der Waals surface area contributed by atoms with Crippen molar-refractivity contribution in [1.82, 2.24) is 14.9 Å². The van der Waals surface area contributed by atoms with Gasteiger partial charge in [-0.1, -0.05) is 38.1 Å². The molecule has 7 nitrogen and oxygen atoms in total. The maximum absolute atomic E-state index is 11.4. The van der Waals surface area contributed by atoms with Crippen LogP contribution in [-0.2, 0) is 5.41 Å². The number of carbonyl (C=O) groups excluding carboxylic acids is 1. The molecule has 0 saturated carbocycles. The van der Waals surface area contributed by atoms with E-state index in [1.54, 1.807) is 41.9 Å². The maximum Gasteiger partial charge on any atom is 1.00 e. The Balaban J connectivity index is 0.000000286. The molecule has 0 atom stereocenters. The van der Waals surface area contributed by atoms with E-state index in [9.17, 15) is 4.79 Å². The summed E-state index contributed by atoms with van der Waals surface area (Å²) in [5.41, 5.74) is 5.17. The molecule has 7 rings (SSSR count). The Bertz CT molecular complexity index is 2020. The number of nitrogens with one attached hydrogen (secondary N) is 1. The molecular weight excluding hydrogens is 972 g/mol. The third-order valence-corrected chi connectivity index (χ3v) is 11.5. The van der Waals surface area contributed by atoms with Crippen LogP contribution in [0, 0.1) is 30.3 Å². The van der Waals surface area contributed by atoms with Crippen LogP contribution in [0.15, 0.2) is 134 Å². The van der Waals surface area contributed by atoms with Gasteiger partial charge in [-0.2, -0.15) is 77.9 Å². The molecule has 2 aromatic heterocycles. The minimum atomic E-state index is 0. The number of benzene rings is 4. The number of nitrogens with zero attached hydrogens (tertiary/aromatic N) is 4. The smallest absolute Gasteiger partial charge is 0.470 e. The van der Waals surface area contributed by atoms with E-state index in [4.69, 9.17) is 16.1 Å². The molecule has 0 amide bonds. The predicted molar refractivity (Wildman–Crippen MR) is 229 cm³/mol. The Morgan fingerprint density at radius 2 is 1.39 bits per heavy atom. The molecule has 13 heteroatoms. The molecule has 1 aliphatic heterocycles. The van der Waals surface area contributed by atoms with Crippen LogP contribution in [0.4, 0.5) is 11.4 Å². The molecule has 1 saturated heterocycles. The minimum absolute atomic E-state index is 0. The summed E-state index contributed by atoms with van der Waals surface area (Å²) in [6.45, 7) is 14.1. The van der Waals surface area contributed by atoms with E-state index >= 15 is 0 Å². The molecule has 0 radical (unpaired) electrons. The van der Waals surface area contributed by atoms with E-state index in [0.717, 1.165) is 73.0 Å². The standard InChI is InChI=1S/C21H23N2O.C9H4Br3N2.C7H10NO.C6H4Cl.2K/c1-16(22-20-6-4-3-5-7-20)18-12-14-23(15-13-18)21-10-8-19(9-11-21)17(2)24;10-7-8(11)13-14(9(7)12)6-4-2-1-3-5-6;1-7(2,3)6-4-5-8-9-6;7-6-4-2-1-3-5-6;;/h4-11,18,22H,1,12-15H2,2H3;2-5H;4H,1-3H3;2-5H;;/q4*-1;2*+1. The van der Waals surface area contributed by atoms with E-state index < -0.39 is 0 Å². The van der Waals surface area contributed by atoms with E-state index in [0.29, 0.717) is 5.92 Å². The van der Waals surface area contributed by atoms with Gasteiger partial charge in [0.2, 0.25) is 0 Å². The number of piperidine rings is 1. The van der Waals surface area contributed by atoms with Gasteiger partial charge in [0.15, 0.2) is 5.78 Å². The van der Waals surface area contributed by atoms with Crippen molar-refractivity contribution in [3.8, 4) is 5.69 Å². The van der Waals surface area contributed by atoms with Crippen molar-refractivity contribution in [3.05, 3.63) is 170 Å². The van der Waals surface area contributed by atoms with E-state index in [1.165, 1.54) is 5.69 Å². The normalized spacial score (nSPS) is 12.1. The fraction of sp³-hybridized carbons (Fsp3) is 0.233. The number of hydrogen-bond donors (Lipinski definition) is 1. The molecular formula is C43H41Br3ClK2N5O2-2. The topological polar surface area (TPSA) is 76.2 Å². The van der Waals surface area contributed by atoms with Crippen LogP contribution in [0.3, 0.4) is 0 Å². The molecule has 1 fully saturated rings. The number of allylic oxidation sites excluding steroid dienone is 1. The Morgan fingerprint density at radius 1 is 0.857 bits per heavy atom. The fourth-order valence-corrected chi connectivity index (χ4v) is 6.56. The molecule has 4 aromatic carbocycles. The quantitative estimate of drug-likeness (QED) is 0.118. The number of ketones is 1. The van der Waals surface area contributed by atoms with Crippen LogP contribution in [0.2, 0.25) is 5.02 Å². The van der Waals surface area contributed by atoms with Crippen LogP contribution in [0.1, 0.15) is 56.7 Å². The Kier molecular flexibility index (Phi) is 24.4. The summed E-state index contributed by atoms with van der Waals surface area (Å²) in [5.74, 6) is 1.48. The molecule has 1 N–H and O–H groups in total. The van der Waals surface area contributed by atoms with Crippen LogP contribution in [-0.4, -0.2) is 33.8 Å². The van der Waals surface area contributed by atoms with Crippen LogP contribution in [0.5, 0.6) is 0 Å². The second-order valence-electron chi connectivity index (χ2n) is 13.2. The van der Waals surface area contributed by atoms with Gasteiger partial charge in [-0.3, -0.25) is 4.79 Å². The van der Waals surface area contributed by atoms with Gasteiger partial charge in [0, 0.05) is 36.0 Å². The number of anilines is 2. The van der Waals surface area contributed by atoms with Gasteiger partial charge in [0.05, 0.1) is 4.47 Å². The van der Waals surface area contributed by atoms with Crippen molar-refractivity contribution in [1.29, 1.82) is 0 Å². The van der Waals surface area contributed by atoms with Gasteiger partial charge in [-0.25, -0.2) is 9.84 Å². The van der Waals surface area contributed by atoms with Crippen molar-refractivity contribution < 1.29 is 112 Å². The molecule has 282 valence electrons. The average molecular weight is 1010 g/mol. The molecule has 56 heavy (non-hydrogen) atoms. The Labute approximate surface area is 447 Å². The van der Waals surface area contributed by atoms with Crippen molar-refractivity contribution in [3.63, 3.8) is 0 Å². The molecule has 0 bridgehead atoms. The molecule has 6 aromatic rings. The van der Waals surface area contributed by atoms with Gasteiger partial charge in [0.25, 0.3) is 0 Å². The van der Waals surface area contributed by atoms with Crippen molar-refractivity contribution in [2.45, 2.75) is 46.0 Å². The maximum atomic E-state index is 11.4. The van der Waals surface area contributed by atoms with Crippen LogP contribution < -0.4 is 113 Å². The third kappa shape index (κ3) is 17.1. The van der Waals surface area contributed by atoms with E-state index in [2.05, 4.69) is 120 Å². The summed E-state index contributed by atoms with van der Waals surface area (Å²) in [6.07, 6.45) is 4.78. The van der Waals surface area contributed by atoms with Crippen LogP contribution in [0.25, 0.3) is 5.69 Å². The van der Waals surface area contributed by atoms with E-state index in [1.807, 2.05) is 72.8 Å². The summed E-state index contributed by atoms with van der Waals surface area (Å²) in [4.78, 5) is 13.7. The molecule has 0 aliphatic carbocycles. The van der Waals surface area contributed by atoms with Gasteiger partial charge < -0.3 is 14.7 Å². The second kappa shape index (κ2) is 26.5. The third-order valence-electron chi connectivity index (χ3n) is 8.14. The zero-order chi connectivity index (χ0) is 39.1. The number of carbonyl (C=O) groups is 1. The monoisotopic (exact) mass is 1010 g/mol. The van der Waals surface area contributed by atoms with Gasteiger partial charge in [-0.15, -0.1) is 42.1 Å². The summed E-state index contributed by atoms with van der Waals surface area (Å²) in [7, 11) is 0. The first-order chi connectivity index (χ1) is 25.8. The fourth-order valence-electron chi connectivity index (χ4n) is 5.10. The SMILES string of the molecule is Brc1nn(-c2cc[c-]cc2)c(Br)c1Br.C=C(Nc1cc[c-]cc1)C1CCN(c2ccc(C(C)=O)cc2)CC1.CC(C)(C)c1c[c-]no1.Clc1cc[c-]cc1.[K+].[K+]. The van der Waals surface area contributed by atoms with E-state index in [-0.39, 0.29) is 114 Å². The predicted octanol–water partition coefficient (Wildman–Crippen LogP) is 6.41. The zero-order valence-corrected chi connectivity index (χ0v) is 44.3. The van der Waals surface area contributed by atoms with Gasteiger partial charge >= 0.3 is 103 Å². The van der Waals surface area contributed by atoms with Crippen molar-refractivity contribution >= 4 is 76.5 Å². The first-order valence-electron chi connectivity index (χ1n) is 17.1. The average Bonchev–Trinajstić information content (AvgIpc) is 3.83. The number of Topliss-reactive ketones (excluding diaryl/α,β-unsaturated/α-hetero) is 1. The number of rotatable bonds is 6. The van der Waals surface area contributed by atoms with Gasteiger partial charge in [0.1, 0.15) is 9.21 Å².